The molecule has 0 unspecified atom stereocenters. The van der Waals surface area contributed by atoms with E-state index in [0.29, 0.717) is 22.0 Å². The number of anilines is 2. The van der Waals surface area contributed by atoms with Crippen LogP contribution < -0.4 is 20.3 Å². The molecule has 8 nitrogen and oxygen atoms in total. The van der Waals surface area contributed by atoms with Gasteiger partial charge in [0.2, 0.25) is 10.9 Å². The normalized spacial score (nSPS) is 14.6. The summed E-state index contributed by atoms with van der Waals surface area (Å²) in [6, 6.07) is 18.4. The molecular weight excluding hydrogens is 543 g/mol. The van der Waals surface area contributed by atoms with E-state index in [1.165, 1.54) is 17.0 Å². The lowest BCUT2D eigenvalue weighted by Gasteiger charge is -2.17. The van der Waals surface area contributed by atoms with Gasteiger partial charge in [0, 0.05) is 16.8 Å². The highest BCUT2D eigenvalue weighted by atomic mass is 32.1. The molecule has 40 heavy (non-hydrogen) atoms. The first-order valence-electron chi connectivity index (χ1n) is 12.0. The number of hydrogen-bond donors (Lipinski definition) is 1. The van der Waals surface area contributed by atoms with Crippen molar-refractivity contribution in [3.05, 3.63) is 104 Å². The van der Waals surface area contributed by atoms with Crippen LogP contribution in [0.3, 0.4) is 0 Å². The molecule has 3 aromatic carbocycles. The van der Waals surface area contributed by atoms with Crippen LogP contribution in [-0.2, 0) is 15.8 Å². The Labute approximate surface area is 228 Å². The number of nitrogens with one attached hydrogen (secondary N) is 1. The van der Waals surface area contributed by atoms with E-state index in [-0.39, 0.29) is 15.8 Å². The third-order valence-corrected chi connectivity index (χ3v) is 7.42. The second-order valence-electron chi connectivity index (χ2n) is 9.14. The minimum Gasteiger partial charge on any atom is -0.325 e. The molecule has 0 spiro atoms. The molecule has 0 bridgehead atoms. The smallest absolute Gasteiger partial charge is 0.325 e. The highest BCUT2D eigenvalue weighted by Crippen LogP contribution is 2.35. The van der Waals surface area contributed by atoms with Gasteiger partial charge in [0.05, 0.1) is 16.8 Å². The number of amides is 2. The van der Waals surface area contributed by atoms with E-state index in [0.717, 1.165) is 39.1 Å². The molecule has 3 heterocycles. The predicted octanol–water partition coefficient (Wildman–Crippen LogP) is 4.05. The number of benzene rings is 3. The molecule has 0 radical (unpaired) electrons. The molecule has 12 heteroatoms. The van der Waals surface area contributed by atoms with Crippen LogP contribution >= 0.6 is 11.3 Å². The summed E-state index contributed by atoms with van der Waals surface area (Å²) >= 11 is 1.02. The molecule has 1 aliphatic rings. The number of aryl methyl sites for hydroxylation is 1. The maximum Gasteiger partial charge on any atom is 0.416 e. The van der Waals surface area contributed by atoms with Crippen LogP contribution in [-0.4, -0.2) is 33.0 Å². The summed E-state index contributed by atoms with van der Waals surface area (Å²) in [5.41, 5.74) is 1.31. The van der Waals surface area contributed by atoms with Crippen molar-refractivity contribution < 1.29 is 22.8 Å². The van der Waals surface area contributed by atoms with E-state index in [1.807, 2.05) is 31.2 Å². The van der Waals surface area contributed by atoms with E-state index in [1.54, 1.807) is 24.3 Å². The van der Waals surface area contributed by atoms with Gasteiger partial charge in [0.1, 0.15) is 11.1 Å². The first-order chi connectivity index (χ1) is 19.1. The molecule has 1 aliphatic heterocycles. The topological polar surface area (TPSA) is 96.7 Å². The van der Waals surface area contributed by atoms with Crippen molar-refractivity contribution in [2.24, 2.45) is 0 Å². The van der Waals surface area contributed by atoms with Gasteiger partial charge < -0.3 is 5.32 Å². The van der Waals surface area contributed by atoms with Crippen LogP contribution in [0.15, 0.2) is 77.6 Å². The van der Waals surface area contributed by atoms with Crippen LogP contribution in [0.4, 0.5) is 24.5 Å². The van der Waals surface area contributed by atoms with Gasteiger partial charge in [-0.1, -0.05) is 65.4 Å². The highest BCUT2D eigenvalue weighted by molar-refractivity contribution is 7.15. The minimum absolute atomic E-state index is 0.0549. The Balaban J connectivity index is 1.34. The highest BCUT2D eigenvalue weighted by Gasteiger charge is 2.36. The maximum atomic E-state index is 13.6. The Morgan fingerprint density at radius 3 is 2.48 bits per heavy atom. The SMILES string of the molecule is Cc1ccc(-c2nc3s/c(=C4\C(=O)N(CC(=O)Nc5cccc(C(F)(F)F)c5)c5ccccc54)c(=O)n3n2)cc1. The molecule has 200 valence electrons. The summed E-state index contributed by atoms with van der Waals surface area (Å²) in [4.78, 5) is 45.7. The van der Waals surface area contributed by atoms with Crippen LogP contribution in [0, 0.1) is 6.92 Å². The number of rotatable bonds is 4. The molecule has 0 aliphatic carbocycles. The minimum atomic E-state index is -4.57. The zero-order chi connectivity index (χ0) is 28.2. The van der Waals surface area contributed by atoms with Crippen LogP contribution in [0.1, 0.15) is 16.7 Å². The molecule has 6 rings (SSSR count). The van der Waals surface area contributed by atoms with Gasteiger partial charge >= 0.3 is 6.18 Å². The molecule has 2 aromatic heterocycles. The number of nitrogens with zero attached hydrogens (tertiary/aromatic N) is 4. The standard InChI is InChI=1S/C28H18F3N5O3S/c1-15-9-11-16(12-10-15)24-33-27-36(34-24)26(39)23(40-27)22-19-7-2-3-8-20(19)35(25(22)38)14-21(37)32-18-6-4-5-17(13-18)28(29,30)31/h2-13H,14H2,1H3,(H,32,37)/b23-22-. The number of halogens is 3. The molecule has 0 saturated carbocycles. The number of fused-ring (bicyclic) bond motifs is 2. The van der Waals surface area contributed by atoms with Crippen molar-refractivity contribution in [2.75, 3.05) is 16.8 Å². The first-order valence-corrected chi connectivity index (χ1v) is 12.8. The Morgan fingerprint density at radius 1 is 1.00 bits per heavy atom. The fraction of sp³-hybridized carbons (Fsp3) is 0.107. The molecule has 2 amide bonds. The Bertz CT molecular complexity index is 1930. The Morgan fingerprint density at radius 2 is 1.75 bits per heavy atom. The third kappa shape index (κ3) is 4.41. The number of alkyl halides is 3. The van der Waals surface area contributed by atoms with Crippen LogP contribution in [0.2, 0.25) is 0 Å². The maximum absolute atomic E-state index is 13.6. The fourth-order valence-corrected chi connectivity index (χ4v) is 5.48. The van der Waals surface area contributed by atoms with Crippen LogP contribution in [0.5, 0.6) is 0 Å². The lowest BCUT2D eigenvalue weighted by Crippen LogP contribution is -2.37. The second kappa shape index (κ2) is 9.42. The largest absolute Gasteiger partial charge is 0.416 e. The number of carbonyl (C=O) groups excluding carboxylic acids is 2. The number of para-hydroxylation sites is 1. The Kier molecular flexibility index (Phi) is 5.99. The van der Waals surface area contributed by atoms with E-state index in [4.69, 9.17) is 0 Å². The number of hydrogen-bond acceptors (Lipinski definition) is 6. The van der Waals surface area contributed by atoms with Gasteiger partial charge in [-0.05, 0) is 31.2 Å². The van der Waals surface area contributed by atoms with Gasteiger partial charge in [0.25, 0.3) is 11.5 Å². The van der Waals surface area contributed by atoms with E-state index in [9.17, 15) is 27.6 Å². The average molecular weight is 562 g/mol. The summed E-state index contributed by atoms with van der Waals surface area (Å²) in [7, 11) is 0. The number of aromatic nitrogens is 3. The van der Waals surface area contributed by atoms with E-state index >= 15 is 0 Å². The Hall–Kier alpha value is -4.84. The third-order valence-electron chi connectivity index (χ3n) is 6.39. The van der Waals surface area contributed by atoms with Crippen molar-refractivity contribution in [3.8, 4) is 11.4 Å². The van der Waals surface area contributed by atoms with Gasteiger partial charge in [-0.25, -0.2) is 0 Å². The van der Waals surface area contributed by atoms with Gasteiger partial charge in [0.15, 0.2) is 5.82 Å². The zero-order valence-corrected chi connectivity index (χ0v) is 21.5. The molecular formula is C28H18F3N5O3S. The predicted molar refractivity (Wildman–Crippen MR) is 144 cm³/mol. The fourth-order valence-electron chi connectivity index (χ4n) is 4.48. The van der Waals surface area contributed by atoms with E-state index < -0.39 is 35.7 Å². The second-order valence-corrected chi connectivity index (χ2v) is 10.1. The number of thiazole rings is 1. The van der Waals surface area contributed by atoms with Gasteiger partial charge in [-0.15, -0.1) is 5.10 Å². The van der Waals surface area contributed by atoms with Crippen molar-refractivity contribution >= 4 is 45.1 Å². The molecule has 0 fully saturated rings. The summed E-state index contributed by atoms with van der Waals surface area (Å²) in [6.07, 6.45) is -4.57. The molecule has 0 atom stereocenters. The summed E-state index contributed by atoms with van der Waals surface area (Å²) in [5, 5.41) is 6.76. The van der Waals surface area contributed by atoms with Crippen molar-refractivity contribution in [1.82, 2.24) is 14.6 Å². The molecule has 0 saturated heterocycles. The van der Waals surface area contributed by atoms with E-state index in [2.05, 4.69) is 15.4 Å². The summed E-state index contributed by atoms with van der Waals surface area (Å²) in [6.45, 7) is 1.49. The average Bonchev–Trinajstić information content (AvgIpc) is 3.55. The quantitative estimate of drug-likeness (QED) is 0.357. The van der Waals surface area contributed by atoms with Crippen molar-refractivity contribution in [3.63, 3.8) is 0 Å². The lowest BCUT2D eigenvalue weighted by atomic mass is 10.1. The summed E-state index contributed by atoms with van der Waals surface area (Å²) in [5.74, 6) is -0.900. The molecule has 5 aromatic rings. The lowest BCUT2D eigenvalue weighted by molar-refractivity contribution is -0.137. The monoisotopic (exact) mass is 561 g/mol. The zero-order valence-electron chi connectivity index (χ0n) is 20.7. The molecule has 1 N–H and O–H groups in total. The van der Waals surface area contributed by atoms with Crippen molar-refractivity contribution in [2.45, 2.75) is 13.1 Å². The van der Waals surface area contributed by atoms with Gasteiger partial charge in [-0.3, -0.25) is 19.3 Å². The van der Waals surface area contributed by atoms with Crippen molar-refractivity contribution in [1.29, 1.82) is 0 Å². The number of carbonyl (C=O) groups is 2. The van der Waals surface area contributed by atoms with Crippen LogP contribution in [0.25, 0.3) is 21.9 Å². The first kappa shape index (κ1) is 25.4. The van der Waals surface area contributed by atoms with Gasteiger partial charge in [-0.2, -0.15) is 22.7 Å². The summed E-state index contributed by atoms with van der Waals surface area (Å²) < 4.78 is 40.5.